The normalized spacial score (nSPS) is 11.3. The molecule has 1 heterocycles. The third-order valence-corrected chi connectivity index (χ3v) is 3.77. The molecule has 2 rings (SSSR count). The predicted molar refractivity (Wildman–Crippen MR) is 88.0 cm³/mol. The average Bonchev–Trinajstić information content (AvgIpc) is 2.81. The van der Waals surface area contributed by atoms with Gasteiger partial charge >= 0.3 is 0 Å². The van der Waals surface area contributed by atoms with E-state index in [-0.39, 0.29) is 35.9 Å². The van der Waals surface area contributed by atoms with Crippen molar-refractivity contribution in [3.8, 4) is 0 Å². The molecule has 0 atom stereocenters. The SMILES string of the molecule is CC(=O)CC(=O)c1cc(NS(C)(=O)=O)cn1Cc1ccc(F)cc1. The largest absolute Gasteiger partial charge is 0.339 e. The van der Waals surface area contributed by atoms with E-state index in [1.54, 1.807) is 12.1 Å². The number of Topliss-reactive ketones (excluding diaryl/α,β-unsaturated/α-hetero) is 2. The molecule has 0 spiro atoms. The Balaban J connectivity index is 2.37. The second-order valence-electron chi connectivity index (χ2n) is 5.54. The zero-order valence-corrected chi connectivity index (χ0v) is 14.1. The molecule has 128 valence electrons. The van der Waals surface area contributed by atoms with Gasteiger partial charge in [-0.1, -0.05) is 12.1 Å². The van der Waals surface area contributed by atoms with Gasteiger partial charge in [0.05, 0.1) is 24.1 Å². The van der Waals surface area contributed by atoms with E-state index in [1.807, 2.05) is 0 Å². The zero-order valence-electron chi connectivity index (χ0n) is 13.2. The number of carbonyl (C=O) groups excluding carboxylic acids is 2. The summed E-state index contributed by atoms with van der Waals surface area (Å²) in [6, 6.07) is 7.11. The molecule has 0 fully saturated rings. The van der Waals surface area contributed by atoms with E-state index in [0.29, 0.717) is 0 Å². The number of rotatable bonds is 7. The maximum absolute atomic E-state index is 13.0. The van der Waals surface area contributed by atoms with E-state index in [9.17, 15) is 22.4 Å². The summed E-state index contributed by atoms with van der Waals surface area (Å²) in [6.45, 7) is 1.55. The first-order valence-electron chi connectivity index (χ1n) is 7.09. The number of benzene rings is 1. The van der Waals surface area contributed by atoms with Crippen molar-refractivity contribution < 1.29 is 22.4 Å². The number of sulfonamides is 1. The van der Waals surface area contributed by atoms with E-state index in [0.717, 1.165) is 11.8 Å². The van der Waals surface area contributed by atoms with Crippen molar-refractivity contribution in [2.24, 2.45) is 0 Å². The van der Waals surface area contributed by atoms with Gasteiger partial charge in [-0.05, 0) is 30.7 Å². The third kappa shape index (κ3) is 5.02. The summed E-state index contributed by atoms with van der Waals surface area (Å²) in [5.74, 6) is -1.07. The Morgan fingerprint density at radius 2 is 1.83 bits per heavy atom. The molecule has 1 aromatic carbocycles. The Kier molecular flexibility index (Phi) is 5.18. The lowest BCUT2D eigenvalue weighted by atomic mass is 10.1. The molecule has 0 aliphatic rings. The van der Waals surface area contributed by atoms with E-state index < -0.39 is 15.8 Å². The standard InChI is InChI=1S/C16H17FN2O4S/c1-11(20)7-16(21)15-8-14(18-24(2,22)23)10-19(15)9-12-3-5-13(17)6-4-12/h3-6,8,10,18H,7,9H2,1-2H3. The van der Waals surface area contributed by atoms with Crippen molar-refractivity contribution in [2.75, 3.05) is 11.0 Å². The highest BCUT2D eigenvalue weighted by Crippen LogP contribution is 2.19. The van der Waals surface area contributed by atoms with E-state index in [4.69, 9.17) is 0 Å². The van der Waals surface area contributed by atoms with Crippen LogP contribution in [0.15, 0.2) is 36.5 Å². The molecular weight excluding hydrogens is 335 g/mol. The first kappa shape index (κ1) is 17.9. The lowest BCUT2D eigenvalue weighted by molar-refractivity contribution is -0.116. The van der Waals surface area contributed by atoms with Gasteiger partial charge in [-0.2, -0.15) is 0 Å². The number of hydrogen-bond acceptors (Lipinski definition) is 4. The van der Waals surface area contributed by atoms with Crippen LogP contribution in [0, 0.1) is 5.82 Å². The lowest BCUT2D eigenvalue weighted by Gasteiger charge is -2.08. The van der Waals surface area contributed by atoms with Crippen molar-refractivity contribution in [1.82, 2.24) is 4.57 Å². The number of nitrogens with zero attached hydrogens (tertiary/aromatic N) is 1. The fourth-order valence-electron chi connectivity index (χ4n) is 2.25. The van der Waals surface area contributed by atoms with Gasteiger partial charge in [-0.3, -0.25) is 14.3 Å². The molecule has 1 aromatic heterocycles. The number of hydrogen-bond donors (Lipinski definition) is 1. The molecule has 24 heavy (non-hydrogen) atoms. The van der Waals surface area contributed by atoms with Crippen LogP contribution < -0.4 is 4.72 Å². The zero-order chi connectivity index (χ0) is 17.9. The number of anilines is 1. The summed E-state index contributed by atoms with van der Waals surface area (Å²) >= 11 is 0. The van der Waals surface area contributed by atoms with Gasteiger partial charge in [0.1, 0.15) is 11.6 Å². The van der Waals surface area contributed by atoms with Crippen LogP contribution in [0.25, 0.3) is 0 Å². The molecule has 6 nitrogen and oxygen atoms in total. The first-order chi connectivity index (χ1) is 11.1. The van der Waals surface area contributed by atoms with Crippen LogP contribution >= 0.6 is 0 Å². The maximum Gasteiger partial charge on any atom is 0.229 e. The molecule has 0 aliphatic carbocycles. The smallest absolute Gasteiger partial charge is 0.229 e. The molecule has 0 unspecified atom stereocenters. The van der Waals surface area contributed by atoms with Crippen LogP contribution in [0.3, 0.4) is 0 Å². The topological polar surface area (TPSA) is 85.2 Å². The van der Waals surface area contributed by atoms with Gasteiger partial charge in [0.25, 0.3) is 0 Å². The van der Waals surface area contributed by atoms with Crippen LogP contribution in [-0.4, -0.2) is 30.8 Å². The van der Waals surface area contributed by atoms with Gasteiger partial charge in [0.2, 0.25) is 10.0 Å². The molecule has 1 N–H and O–H groups in total. The molecule has 8 heteroatoms. The van der Waals surface area contributed by atoms with Crippen molar-refractivity contribution in [2.45, 2.75) is 19.9 Å². The molecular formula is C16H17FN2O4S. The molecule has 0 bridgehead atoms. The van der Waals surface area contributed by atoms with Crippen molar-refractivity contribution in [3.05, 3.63) is 53.6 Å². The van der Waals surface area contributed by atoms with E-state index in [1.165, 1.54) is 35.9 Å². The monoisotopic (exact) mass is 352 g/mol. The van der Waals surface area contributed by atoms with E-state index in [2.05, 4.69) is 4.72 Å². The Labute approximate surface area is 139 Å². The van der Waals surface area contributed by atoms with Crippen LogP contribution in [0.2, 0.25) is 0 Å². The molecule has 0 amide bonds. The number of carbonyl (C=O) groups is 2. The first-order valence-corrected chi connectivity index (χ1v) is 8.98. The number of nitrogens with one attached hydrogen (secondary N) is 1. The minimum Gasteiger partial charge on any atom is -0.339 e. The Morgan fingerprint density at radius 1 is 1.21 bits per heavy atom. The number of ketones is 2. The molecule has 2 aromatic rings. The van der Waals surface area contributed by atoms with Crippen molar-refractivity contribution in [3.63, 3.8) is 0 Å². The number of aromatic nitrogens is 1. The third-order valence-electron chi connectivity index (χ3n) is 3.16. The summed E-state index contributed by atoms with van der Waals surface area (Å²) in [7, 11) is -3.50. The van der Waals surface area contributed by atoms with Crippen LogP contribution in [0.5, 0.6) is 0 Å². The Bertz CT molecular complexity index is 870. The maximum atomic E-state index is 13.0. The predicted octanol–water partition coefficient (Wildman–Crippen LogP) is 2.21. The van der Waals surface area contributed by atoms with Crippen molar-refractivity contribution in [1.29, 1.82) is 0 Å². The average molecular weight is 352 g/mol. The molecule has 0 radical (unpaired) electrons. The highest BCUT2D eigenvalue weighted by atomic mass is 32.2. The molecule has 0 aliphatic heterocycles. The quantitative estimate of drug-likeness (QED) is 0.611. The summed E-state index contributed by atoms with van der Waals surface area (Å²) in [4.78, 5) is 23.4. The Hall–Kier alpha value is -2.48. The summed E-state index contributed by atoms with van der Waals surface area (Å²) in [5, 5.41) is 0. The van der Waals surface area contributed by atoms with Crippen molar-refractivity contribution >= 4 is 27.3 Å². The molecule has 0 saturated carbocycles. The van der Waals surface area contributed by atoms with Gasteiger partial charge in [0, 0.05) is 12.7 Å². The van der Waals surface area contributed by atoms with Crippen LogP contribution in [0.4, 0.5) is 10.1 Å². The summed E-state index contributed by atoms with van der Waals surface area (Å²) in [5.41, 5.74) is 1.17. The summed E-state index contributed by atoms with van der Waals surface area (Å²) in [6.07, 6.45) is 2.20. The minimum atomic E-state index is -3.50. The Morgan fingerprint density at radius 3 is 2.38 bits per heavy atom. The second-order valence-corrected chi connectivity index (χ2v) is 7.29. The number of halogens is 1. The second kappa shape index (κ2) is 6.96. The van der Waals surface area contributed by atoms with Crippen LogP contribution in [0.1, 0.15) is 29.4 Å². The fourth-order valence-corrected chi connectivity index (χ4v) is 2.79. The molecule has 0 saturated heterocycles. The summed E-state index contributed by atoms with van der Waals surface area (Å²) < 4.78 is 39.6. The van der Waals surface area contributed by atoms with Gasteiger partial charge in [0.15, 0.2) is 5.78 Å². The van der Waals surface area contributed by atoms with Crippen LogP contribution in [-0.2, 0) is 21.4 Å². The van der Waals surface area contributed by atoms with Gasteiger partial charge < -0.3 is 4.57 Å². The lowest BCUT2D eigenvalue weighted by Crippen LogP contribution is -2.12. The highest BCUT2D eigenvalue weighted by Gasteiger charge is 2.17. The highest BCUT2D eigenvalue weighted by molar-refractivity contribution is 7.92. The van der Waals surface area contributed by atoms with Gasteiger partial charge in [-0.25, -0.2) is 12.8 Å². The van der Waals surface area contributed by atoms with Gasteiger partial charge in [-0.15, -0.1) is 0 Å². The van der Waals surface area contributed by atoms with E-state index >= 15 is 0 Å². The fraction of sp³-hybridized carbons (Fsp3) is 0.250. The minimum absolute atomic E-state index is 0.209.